The number of carbonyl (C=O) groups is 1. The quantitative estimate of drug-likeness (QED) is 0.337. The minimum absolute atomic E-state index is 0.00978. The number of methoxy groups -OCH3 is 4. The number of nitrogens with zero attached hydrogens (tertiary/aromatic N) is 1. The van der Waals surface area contributed by atoms with Crippen molar-refractivity contribution in [3.05, 3.63) is 47.5 Å². The largest absolute Gasteiger partial charge is 0.497 e. The van der Waals surface area contributed by atoms with Crippen molar-refractivity contribution in [2.24, 2.45) is 5.16 Å². The Morgan fingerprint density at radius 3 is 1.92 bits per heavy atom. The molecule has 0 amide bonds. The van der Waals surface area contributed by atoms with Crippen LogP contribution in [0.15, 0.2) is 41.6 Å². The summed E-state index contributed by atoms with van der Waals surface area (Å²) in [7, 11) is 6.06. The number of hydrogen-bond donors (Lipinski definition) is 1. The minimum atomic E-state index is -0.385. The predicted molar refractivity (Wildman–Crippen MR) is 96.3 cm³/mol. The molecule has 2 aromatic rings. The smallest absolute Gasteiger partial charge is 0.210 e. The Bertz CT molecular complexity index is 773. The first kappa shape index (κ1) is 19.1. The lowest BCUT2D eigenvalue weighted by molar-refractivity contribution is 0.106. The van der Waals surface area contributed by atoms with Gasteiger partial charge in [-0.2, -0.15) is 0 Å². The fraction of sp³-hybridized carbons (Fsp3) is 0.263. The maximum absolute atomic E-state index is 12.6. The van der Waals surface area contributed by atoms with Gasteiger partial charge in [0, 0.05) is 12.0 Å². The number of ether oxygens (including phenoxy) is 4. The third-order valence-corrected chi connectivity index (χ3v) is 3.83. The SMILES string of the molecule is COc1ccc(C(=O)/C(Cc2cc(OC)c(OC)c(OC)c2)=N\O)cc1. The molecule has 0 atom stereocenters. The highest BCUT2D eigenvalue weighted by Gasteiger charge is 2.19. The molecule has 0 heterocycles. The van der Waals surface area contributed by atoms with Gasteiger partial charge in [-0.25, -0.2) is 0 Å². The molecule has 7 heteroatoms. The van der Waals surface area contributed by atoms with Gasteiger partial charge in [0.05, 0.1) is 28.4 Å². The van der Waals surface area contributed by atoms with Crippen LogP contribution in [0.25, 0.3) is 0 Å². The van der Waals surface area contributed by atoms with Gasteiger partial charge in [0.25, 0.3) is 0 Å². The Kier molecular flexibility index (Phi) is 6.43. The number of oxime groups is 1. The molecule has 2 rings (SSSR count). The van der Waals surface area contributed by atoms with E-state index in [9.17, 15) is 10.0 Å². The van der Waals surface area contributed by atoms with Gasteiger partial charge >= 0.3 is 0 Å². The lowest BCUT2D eigenvalue weighted by Crippen LogP contribution is -2.17. The number of benzene rings is 2. The third kappa shape index (κ3) is 4.05. The summed E-state index contributed by atoms with van der Waals surface area (Å²) in [5, 5.41) is 12.5. The van der Waals surface area contributed by atoms with Crippen molar-refractivity contribution >= 4 is 11.5 Å². The molecule has 1 N–H and O–H groups in total. The van der Waals surface area contributed by atoms with Crippen LogP contribution in [-0.2, 0) is 6.42 Å². The van der Waals surface area contributed by atoms with E-state index in [4.69, 9.17) is 18.9 Å². The van der Waals surface area contributed by atoms with Gasteiger partial charge in [-0.3, -0.25) is 4.79 Å². The van der Waals surface area contributed by atoms with Crippen molar-refractivity contribution in [2.45, 2.75) is 6.42 Å². The summed E-state index contributed by atoms with van der Waals surface area (Å²) in [6.07, 6.45) is 0.0953. The summed E-state index contributed by atoms with van der Waals surface area (Å²) in [6, 6.07) is 9.97. The zero-order chi connectivity index (χ0) is 19.1. The zero-order valence-corrected chi connectivity index (χ0v) is 15.1. The van der Waals surface area contributed by atoms with E-state index in [1.54, 1.807) is 43.5 Å². The number of ketones is 1. The summed E-state index contributed by atoms with van der Waals surface area (Å²) >= 11 is 0. The molecule has 138 valence electrons. The lowest BCUT2D eigenvalue weighted by Gasteiger charge is -2.14. The van der Waals surface area contributed by atoms with Crippen LogP contribution >= 0.6 is 0 Å². The predicted octanol–water partition coefficient (Wildman–Crippen LogP) is 2.98. The van der Waals surface area contributed by atoms with Gasteiger partial charge in [0.1, 0.15) is 11.5 Å². The first-order chi connectivity index (χ1) is 12.6. The maximum Gasteiger partial charge on any atom is 0.210 e. The molecule has 0 saturated heterocycles. The van der Waals surface area contributed by atoms with Gasteiger partial charge in [0.2, 0.25) is 11.5 Å². The monoisotopic (exact) mass is 359 g/mol. The Hall–Kier alpha value is -3.22. The van der Waals surface area contributed by atoms with Crippen LogP contribution in [-0.4, -0.2) is 45.1 Å². The average molecular weight is 359 g/mol. The van der Waals surface area contributed by atoms with Crippen LogP contribution in [0, 0.1) is 0 Å². The molecule has 0 saturated carbocycles. The summed E-state index contributed by atoms with van der Waals surface area (Å²) < 4.78 is 20.9. The van der Waals surface area contributed by atoms with Crippen LogP contribution in [0.4, 0.5) is 0 Å². The second kappa shape index (κ2) is 8.75. The normalized spacial score (nSPS) is 11.0. The highest BCUT2D eigenvalue weighted by Crippen LogP contribution is 2.38. The molecule has 0 spiro atoms. The average Bonchev–Trinajstić information content (AvgIpc) is 2.70. The zero-order valence-electron chi connectivity index (χ0n) is 15.1. The Morgan fingerprint density at radius 1 is 0.923 bits per heavy atom. The minimum Gasteiger partial charge on any atom is -0.497 e. The van der Waals surface area contributed by atoms with E-state index in [2.05, 4.69) is 5.16 Å². The van der Waals surface area contributed by atoms with E-state index < -0.39 is 0 Å². The Morgan fingerprint density at radius 2 is 1.50 bits per heavy atom. The summed E-state index contributed by atoms with van der Waals surface area (Å²) in [5.41, 5.74) is 1.06. The number of hydrogen-bond acceptors (Lipinski definition) is 7. The molecule has 7 nitrogen and oxygen atoms in total. The first-order valence-corrected chi connectivity index (χ1v) is 7.76. The first-order valence-electron chi connectivity index (χ1n) is 7.76. The van der Waals surface area contributed by atoms with Crippen molar-refractivity contribution in [3.8, 4) is 23.0 Å². The Balaban J connectivity index is 2.30. The standard InChI is InChI=1S/C19H21NO6/c1-23-14-7-5-13(6-8-14)18(21)15(20-22)9-12-10-16(24-2)19(26-4)17(11-12)25-3/h5-8,10-11,22H,9H2,1-4H3/b20-15-. The van der Waals surface area contributed by atoms with Gasteiger partial charge in [0.15, 0.2) is 11.5 Å². The molecule has 0 aromatic heterocycles. The molecule has 26 heavy (non-hydrogen) atoms. The molecule has 0 fully saturated rings. The van der Waals surface area contributed by atoms with Crippen LogP contribution in [0.3, 0.4) is 0 Å². The van der Waals surface area contributed by atoms with Crippen molar-refractivity contribution in [3.63, 3.8) is 0 Å². The lowest BCUT2D eigenvalue weighted by atomic mass is 10.00. The van der Waals surface area contributed by atoms with Crippen LogP contribution < -0.4 is 18.9 Å². The van der Waals surface area contributed by atoms with Crippen LogP contribution in [0.1, 0.15) is 15.9 Å². The van der Waals surface area contributed by atoms with Gasteiger partial charge in [-0.1, -0.05) is 5.16 Å². The number of carbonyl (C=O) groups excluding carboxylic acids is 1. The fourth-order valence-corrected chi connectivity index (χ4v) is 2.50. The maximum atomic E-state index is 12.6. The van der Waals surface area contributed by atoms with Crippen LogP contribution in [0.5, 0.6) is 23.0 Å². The summed E-state index contributed by atoms with van der Waals surface area (Å²) in [6.45, 7) is 0. The van der Waals surface area contributed by atoms with E-state index in [1.165, 1.54) is 21.3 Å². The molecular weight excluding hydrogens is 338 g/mol. The molecule has 2 aromatic carbocycles. The topological polar surface area (TPSA) is 86.6 Å². The van der Waals surface area contributed by atoms with Crippen molar-refractivity contribution in [1.29, 1.82) is 0 Å². The van der Waals surface area contributed by atoms with E-state index in [0.717, 1.165) is 0 Å². The number of rotatable bonds is 8. The van der Waals surface area contributed by atoms with Crippen LogP contribution in [0.2, 0.25) is 0 Å². The van der Waals surface area contributed by atoms with E-state index in [1.807, 2.05) is 0 Å². The highest BCUT2D eigenvalue weighted by molar-refractivity contribution is 6.46. The second-order valence-corrected chi connectivity index (χ2v) is 5.31. The van der Waals surface area contributed by atoms with E-state index >= 15 is 0 Å². The molecular formula is C19H21NO6. The molecule has 0 aliphatic heterocycles. The van der Waals surface area contributed by atoms with Gasteiger partial charge < -0.3 is 24.2 Å². The molecule has 0 aliphatic carbocycles. The van der Waals surface area contributed by atoms with Crippen molar-refractivity contribution in [2.75, 3.05) is 28.4 Å². The summed E-state index contributed by atoms with van der Waals surface area (Å²) in [5.74, 6) is 1.60. The molecule has 0 radical (unpaired) electrons. The Labute approximate surface area is 151 Å². The molecule has 0 bridgehead atoms. The van der Waals surface area contributed by atoms with Crippen molar-refractivity contribution in [1.82, 2.24) is 0 Å². The van der Waals surface area contributed by atoms with Crippen molar-refractivity contribution < 1.29 is 28.9 Å². The summed E-state index contributed by atoms with van der Waals surface area (Å²) in [4.78, 5) is 12.6. The third-order valence-electron chi connectivity index (χ3n) is 3.83. The highest BCUT2D eigenvalue weighted by atomic mass is 16.5. The van der Waals surface area contributed by atoms with E-state index in [-0.39, 0.29) is 17.9 Å². The molecule has 0 aliphatic rings. The molecule has 0 unspecified atom stereocenters. The van der Waals surface area contributed by atoms with Gasteiger partial charge in [-0.05, 0) is 42.0 Å². The second-order valence-electron chi connectivity index (χ2n) is 5.31. The number of Topliss-reactive ketones (excluding diaryl/α,β-unsaturated/α-hetero) is 1. The fourth-order valence-electron chi connectivity index (χ4n) is 2.50. The van der Waals surface area contributed by atoms with E-state index in [0.29, 0.717) is 34.1 Å². The van der Waals surface area contributed by atoms with Gasteiger partial charge in [-0.15, -0.1) is 0 Å².